The number of nitrogens with zero attached hydrogens (tertiary/aromatic N) is 4. The minimum Gasteiger partial charge on any atom is -0.497 e. The molecule has 2 aromatic carbocycles. The van der Waals surface area contributed by atoms with Crippen LogP contribution in [0.1, 0.15) is 18.1 Å². The van der Waals surface area contributed by atoms with Gasteiger partial charge in [-0.15, -0.1) is 5.10 Å². The number of carbonyl (C=O) groups is 1. The normalized spacial score (nSPS) is 11.6. The van der Waals surface area contributed by atoms with Crippen molar-refractivity contribution in [1.29, 1.82) is 0 Å². The molecule has 0 radical (unpaired) electrons. The zero-order valence-electron chi connectivity index (χ0n) is 17.9. The summed E-state index contributed by atoms with van der Waals surface area (Å²) in [4.78, 5) is 12.6. The highest BCUT2D eigenvalue weighted by atomic mass is 32.2. The Morgan fingerprint density at radius 1 is 1.03 bits per heavy atom. The molecular weight excluding hydrogens is 418 g/mol. The summed E-state index contributed by atoms with van der Waals surface area (Å²) < 4.78 is 17.4. The Morgan fingerprint density at radius 3 is 2.42 bits per heavy atom. The van der Waals surface area contributed by atoms with Crippen LogP contribution in [-0.2, 0) is 17.9 Å². The molecule has 0 saturated heterocycles. The number of amides is 1. The molecule has 1 atom stereocenters. The summed E-state index contributed by atoms with van der Waals surface area (Å²) in [6.07, 6.45) is 0. The number of aromatic nitrogens is 4. The second-order valence-electron chi connectivity index (χ2n) is 6.63. The Kier molecular flexibility index (Phi) is 7.71. The lowest BCUT2D eigenvalue weighted by atomic mass is 10.2. The fourth-order valence-electron chi connectivity index (χ4n) is 2.82. The summed E-state index contributed by atoms with van der Waals surface area (Å²) in [5.41, 5.74) is 1.94. The van der Waals surface area contributed by atoms with E-state index in [9.17, 15) is 4.79 Å². The van der Waals surface area contributed by atoms with Gasteiger partial charge in [-0.1, -0.05) is 30.0 Å². The van der Waals surface area contributed by atoms with Crippen LogP contribution < -0.4 is 19.5 Å². The van der Waals surface area contributed by atoms with E-state index in [1.165, 1.54) is 11.8 Å². The van der Waals surface area contributed by atoms with Crippen molar-refractivity contribution in [3.05, 3.63) is 53.6 Å². The zero-order valence-corrected chi connectivity index (χ0v) is 18.7. The standard InChI is InChI=1S/C21H25N5O4S/c1-14(20(27)22-12-16-7-10-18(29-3)19(11-16)30-4)31-21-23-24-25-26(21)13-15-5-8-17(28-2)9-6-15/h5-11,14H,12-13H2,1-4H3,(H,22,27). The maximum Gasteiger partial charge on any atom is 0.233 e. The minimum atomic E-state index is -0.374. The number of hydrogen-bond donors (Lipinski definition) is 1. The lowest BCUT2D eigenvalue weighted by Crippen LogP contribution is -2.30. The third kappa shape index (κ3) is 5.88. The van der Waals surface area contributed by atoms with E-state index in [4.69, 9.17) is 14.2 Å². The van der Waals surface area contributed by atoms with E-state index in [1.807, 2.05) is 49.4 Å². The van der Waals surface area contributed by atoms with Gasteiger partial charge in [0.25, 0.3) is 0 Å². The molecule has 0 spiro atoms. The van der Waals surface area contributed by atoms with Gasteiger partial charge >= 0.3 is 0 Å². The zero-order chi connectivity index (χ0) is 22.2. The molecule has 3 aromatic rings. The van der Waals surface area contributed by atoms with Gasteiger partial charge in [-0.25, -0.2) is 4.68 Å². The van der Waals surface area contributed by atoms with Crippen LogP contribution in [0.3, 0.4) is 0 Å². The van der Waals surface area contributed by atoms with Crippen molar-refractivity contribution in [3.63, 3.8) is 0 Å². The highest BCUT2D eigenvalue weighted by Crippen LogP contribution is 2.27. The number of hydrogen-bond acceptors (Lipinski definition) is 8. The molecule has 0 saturated carbocycles. The van der Waals surface area contributed by atoms with Gasteiger partial charge < -0.3 is 19.5 Å². The number of tetrazole rings is 1. The molecule has 1 heterocycles. The van der Waals surface area contributed by atoms with Gasteiger partial charge in [0, 0.05) is 6.54 Å². The Labute approximate surface area is 185 Å². The summed E-state index contributed by atoms with van der Waals surface area (Å²) in [6, 6.07) is 13.2. The molecule has 10 heteroatoms. The second kappa shape index (κ2) is 10.7. The number of benzene rings is 2. The predicted octanol–water partition coefficient (Wildman–Crippen LogP) is 2.54. The molecule has 3 rings (SSSR count). The third-order valence-corrected chi connectivity index (χ3v) is 5.63. The van der Waals surface area contributed by atoms with Crippen LogP contribution >= 0.6 is 11.8 Å². The first kappa shape index (κ1) is 22.4. The molecule has 9 nitrogen and oxygen atoms in total. The molecule has 31 heavy (non-hydrogen) atoms. The van der Waals surface area contributed by atoms with Crippen LogP contribution in [-0.4, -0.2) is 52.7 Å². The topological polar surface area (TPSA) is 100 Å². The molecule has 1 aromatic heterocycles. The molecule has 0 bridgehead atoms. The maximum atomic E-state index is 12.6. The predicted molar refractivity (Wildman–Crippen MR) is 117 cm³/mol. The molecule has 1 amide bonds. The largest absolute Gasteiger partial charge is 0.497 e. The molecule has 0 aliphatic rings. The number of ether oxygens (including phenoxy) is 3. The van der Waals surface area contributed by atoms with Crippen LogP contribution in [0, 0.1) is 0 Å². The molecule has 0 aliphatic carbocycles. The van der Waals surface area contributed by atoms with Crippen molar-refractivity contribution >= 4 is 17.7 Å². The Balaban J connectivity index is 1.57. The van der Waals surface area contributed by atoms with Crippen LogP contribution in [0.2, 0.25) is 0 Å². The fraction of sp³-hybridized carbons (Fsp3) is 0.333. The highest BCUT2D eigenvalue weighted by Gasteiger charge is 2.19. The smallest absolute Gasteiger partial charge is 0.233 e. The molecule has 0 aliphatic heterocycles. The van der Waals surface area contributed by atoms with Crippen LogP contribution in [0.15, 0.2) is 47.6 Å². The Morgan fingerprint density at radius 2 is 1.74 bits per heavy atom. The van der Waals surface area contributed by atoms with Gasteiger partial charge in [0.05, 0.1) is 33.1 Å². The van der Waals surface area contributed by atoms with Crippen molar-refractivity contribution in [1.82, 2.24) is 25.5 Å². The minimum absolute atomic E-state index is 0.112. The van der Waals surface area contributed by atoms with Crippen LogP contribution in [0.4, 0.5) is 0 Å². The summed E-state index contributed by atoms with van der Waals surface area (Å²) in [7, 11) is 4.79. The average Bonchev–Trinajstić information content (AvgIpc) is 3.23. The quantitative estimate of drug-likeness (QED) is 0.477. The highest BCUT2D eigenvalue weighted by molar-refractivity contribution is 8.00. The van der Waals surface area contributed by atoms with E-state index >= 15 is 0 Å². The van der Waals surface area contributed by atoms with Gasteiger partial charge in [-0.05, 0) is 52.7 Å². The number of thioether (sulfide) groups is 1. The van der Waals surface area contributed by atoms with Gasteiger partial charge in [0.15, 0.2) is 11.5 Å². The molecular formula is C21H25N5O4S. The number of rotatable bonds is 10. The maximum absolute atomic E-state index is 12.6. The summed E-state index contributed by atoms with van der Waals surface area (Å²) >= 11 is 1.31. The van der Waals surface area contributed by atoms with Crippen molar-refractivity contribution in [2.24, 2.45) is 0 Å². The lowest BCUT2D eigenvalue weighted by Gasteiger charge is -2.13. The number of carbonyl (C=O) groups excluding carboxylic acids is 1. The summed E-state index contributed by atoms with van der Waals surface area (Å²) in [5, 5.41) is 15.0. The van der Waals surface area contributed by atoms with E-state index in [1.54, 1.807) is 26.0 Å². The molecule has 164 valence electrons. The first-order chi connectivity index (χ1) is 15.0. The molecule has 0 fully saturated rings. The van der Waals surface area contributed by atoms with E-state index in [2.05, 4.69) is 20.8 Å². The van der Waals surface area contributed by atoms with Crippen molar-refractivity contribution in [2.75, 3.05) is 21.3 Å². The van der Waals surface area contributed by atoms with Crippen molar-refractivity contribution < 1.29 is 19.0 Å². The SMILES string of the molecule is COc1ccc(Cn2nnnc2SC(C)C(=O)NCc2ccc(OC)c(OC)c2)cc1. The van der Waals surface area contributed by atoms with Gasteiger partial charge in [-0.2, -0.15) is 0 Å². The monoisotopic (exact) mass is 443 g/mol. The summed E-state index contributed by atoms with van der Waals surface area (Å²) in [5.74, 6) is 1.94. The van der Waals surface area contributed by atoms with E-state index in [0.29, 0.717) is 29.7 Å². The van der Waals surface area contributed by atoms with Crippen molar-refractivity contribution in [2.45, 2.75) is 30.4 Å². The van der Waals surface area contributed by atoms with E-state index in [0.717, 1.165) is 16.9 Å². The van der Waals surface area contributed by atoms with Crippen molar-refractivity contribution in [3.8, 4) is 17.2 Å². The third-order valence-electron chi connectivity index (χ3n) is 4.56. The Hall–Kier alpha value is -3.27. The molecule has 1 unspecified atom stereocenters. The van der Waals surface area contributed by atoms with E-state index in [-0.39, 0.29) is 11.2 Å². The van der Waals surface area contributed by atoms with Gasteiger partial charge in [-0.3, -0.25) is 4.79 Å². The lowest BCUT2D eigenvalue weighted by molar-refractivity contribution is -0.120. The van der Waals surface area contributed by atoms with Crippen LogP contribution in [0.25, 0.3) is 0 Å². The Bertz CT molecular complexity index is 1010. The first-order valence-corrected chi connectivity index (χ1v) is 10.5. The van der Waals surface area contributed by atoms with Gasteiger partial charge in [0.2, 0.25) is 11.1 Å². The average molecular weight is 444 g/mol. The number of nitrogens with one attached hydrogen (secondary N) is 1. The molecule has 1 N–H and O–H groups in total. The first-order valence-electron chi connectivity index (χ1n) is 9.58. The second-order valence-corrected chi connectivity index (χ2v) is 7.94. The summed E-state index contributed by atoms with van der Waals surface area (Å²) in [6.45, 7) is 2.70. The van der Waals surface area contributed by atoms with E-state index < -0.39 is 0 Å². The van der Waals surface area contributed by atoms with Gasteiger partial charge in [0.1, 0.15) is 5.75 Å². The number of methoxy groups -OCH3 is 3. The van der Waals surface area contributed by atoms with Crippen LogP contribution in [0.5, 0.6) is 17.2 Å². The fourth-order valence-corrected chi connectivity index (χ4v) is 3.63.